The fourth-order valence-electron chi connectivity index (χ4n) is 4.14. The Morgan fingerprint density at radius 3 is 2.40 bits per heavy atom. The van der Waals surface area contributed by atoms with Crippen molar-refractivity contribution < 1.29 is 32.6 Å². The Bertz CT molecular complexity index is 753. The first kappa shape index (κ1) is 24.1. The number of carbonyl (C=O) groups excluding carboxylic acids is 1. The molecule has 30 heavy (non-hydrogen) atoms. The lowest BCUT2D eigenvalue weighted by molar-refractivity contribution is -0.192. The number of hydrogen-bond donors (Lipinski definition) is 1. The number of amides is 1. The van der Waals surface area contributed by atoms with Crippen molar-refractivity contribution >= 4 is 11.9 Å². The summed E-state index contributed by atoms with van der Waals surface area (Å²) >= 11 is 0. The zero-order valence-electron chi connectivity index (χ0n) is 17.6. The van der Waals surface area contributed by atoms with Crippen LogP contribution in [0.25, 0.3) is 0 Å². The van der Waals surface area contributed by atoms with Crippen LogP contribution in [0, 0.1) is 12.8 Å². The average Bonchev–Trinajstić information content (AvgIpc) is 3.29. The molecule has 2 aliphatic rings. The van der Waals surface area contributed by atoms with Gasteiger partial charge in [-0.05, 0) is 32.9 Å². The number of carboxylic acids is 1. The van der Waals surface area contributed by atoms with Gasteiger partial charge < -0.3 is 19.6 Å². The molecule has 0 aromatic carbocycles. The minimum absolute atomic E-state index is 0.120. The highest BCUT2D eigenvalue weighted by atomic mass is 19.4. The Morgan fingerprint density at radius 1 is 1.27 bits per heavy atom. The second-order valence-corrected chi connectivity index (χ2v) is 7.43. The summed E-state index contributed by atoms with van der Waals surface area (Å²) in [4.78, 5) is 26.5. The Kier molecular flexibility index (Phi) is 7.87. The number of fused-ring (bicyclic) bond motifs is 1. The molecule has 3 heterocycles. The smallest absolute Gasteiger partial charge is 0.475 e. The SMILES string of the molecule is CCN1C[C@H]2[C@@H](C1)N(C(=O)c1cc(C)nn1CC)CC[C@H]2OC.O=C(O)C(F)(F)F. The molecule has 1 amide bonds. The van der Waals surface area contributed by atoms with Gasteiger partial charge in [0.15, 0.2) is 0 Å². The van der Waals surface area contributed by atoms with Crippen LogP contribution in [0.15, 0.2) is 6.07 Å². The fraction of sp³-hybridized carbons (Fsp3) is 0.737. The van der Waals surface area contributed by atoms with Crippen molar-refractivity contribution in [3.05, 3.63) is 17.5 Å². The lowest BCUT2D eigenvalue weighted by atomic mass is 9.88. The number of likely N-dealkylation sites (N-methyl/N-ethyl adjacent to an activating group) is 1. The maximum Gasteiger partial charge on any atom is 0.490 e. The number of halogens is 3. The standard InChI is InChI=1S/C17H28N4O2.C2HF3O2/c1-5-19-10-13-15(11-19)20(8-7-16(13)23-4)17(22)14-9-12(3)18-21(14)6-2;3-2(4,5)1(6)7/h9,13,15-16H,5-8,10-11H2,1-4H3;(H,6,7)/t13-,15+,16+;/m0./s1. The summed E-state index contributed by atoms with van der Waals surface area (Å²) in [5.74, 6) is -2.22. The Hall–Kier alpha value is -2.14. The van der Waals surface area contributed by atoms with E-state index in [9.17, 15) is 18.0 Å². The molecule has 11 heteroatoms. The number of carboxylic acid groups (broad SMARTS) is 1. The van der Waals surface area contributed by atoms with Crippen molar-refractivity contribution in [2.24, 2.45) is 5.92 Å². The molecule has 0 saturated carbocycles. The largest absolute Gasteiger partial charge is 0.490 e. The van der Waals surface area contributed by atoms with Crippen LogP contribution in [0.3, 0.4) is 0 Å². The third-order valence-electron chi connectivity index (χ3n) is 5.62. The van der Waals surface area contributed by atoms with Gasteiger partial charge in [-0.2, -0.15) is 18.3 Å². The molecular formula is C19H29F3N4O4. The number of carbonyl (C=O) groups is 2. The molecule has 0 spiro atoms. The molecule has 1 N–H and O–H groups in total. The van der Waals surface area contributed by atoms with Crippen LogP contribution >= 0.6 is 0 Å². The van der Waals surface area contributed by atoms with E-state index < -0.39 is 12.1 Å². The van der Waals surface area contributed by atoms with Crippen LogP contribution in [-0.4, -0.2) is 88.2 Å². The van der Waals surface area contributed by atoms with Crippen molar-refractivity contribution in [1.29, 1.82) is 0 Å². The van der Waals surface area contributed by atoms with Gasteiger partial charge >= 0.3 is 12.1 Å². The number of piperidine rings is 1. The molecule has 1 aromatic heterocycles. The van der Waals surface area contributed by atoms with E-state index in [1.54, 1.807) is 7.11 Å². The zero-order chi connectivity index (χ0) is 22.6. The first-order valence-corrected chi connectivity index (χ1v) is 9.94. The van der Waals surface area contributed by atoms with E-state index in [1.165, 1.54) is 0 Å². The number of nitrogens with zero attached hydrogens (tertiary/aromatic N) is 4. The quantitative estimate of drug-likeness (QED) is 0.780. The third-order valence-corrected chi connectivity index (χ3v) is 5.62. The zero-order valence-corrected chi connectivity index (χ0v) is 17.6. The van der Waals surface area contributed by atoms with Crippen molar-refractivity contribution in [3.8, 4) is 0 Å². The van der Waals surface area contributed by atoms with E-state index in [0.717, 1.165) is 50.5 Å². The number of aryl methyl sites for hydroxylation is 2. The Labute approximate surface area is 173 Å². The number of likely N-dealkylation sites (tertiary alicyclic amines) is 2. The van der Waals surface area contributed by atoms with Gasteiger partial charge in [-0.15, -0.1) is 0 Å². The average molecular weight is 434 g/mol. The van der Waals surface area contributed by atoms with Gasteiger partial charge in [-0.25, -0.2) is 4.79 Å². The Balaban J connectivity index is 0.000000396. The van der Waals surface area contributed by atoms with E-state index in [-0.39, 0.29) is 18.1 Å². The topological polar surface area (TPSA) is 87.9 Å². The summed E-state index contributed by atoms with van der Waals surface area (Å²) < 4.78 is 39.3. The van der Waals surface area contributed by atoms with Gasteiger partial charge in [0.1, 0.15) is 5.69 Å². The lowest BCUT2D eigenvalue weighted by Gasteiger charge is -2.41. The van der Waals surface area contributed by atoms with E-state index >= 15 is 0 Å². The van der Waals surface area contributed by atoms with Gasteiger partial charge in [0, 0.05) is 39.2 Å². The first-order valence-electron chi connectivity index (χ1n) is 9.94. The summed E-state index contributed by atoms with van der Waals surface area (Å²) in [6.07, 6.45) is -3.90. The van der Waals surface area contributed by atoms with Crippen LogP contribution < -0.4 is 0 Å². The number of rotatable bonds is 4. The predicted octanol–water partition coefficient (Wildman–Crippen LogP) is 2.03. The van der Waals surface area contributed by atoms with E-state index in [0.29, 0.717) is 5.92 Å². The number of aromatic nitrogens is 2. The number of methoxy groups -OCH3 is 1. The molecule has 0 aliphatic carbocycles. The van der Waals surface area contributed by atoms with E-state index in [2.05, 4.69) is 21.8 Å². The van der Waals surface area contributed by atoms with Gasteiger partial charge in [0.2, 0.25) is 0 Å². The summed E-state index contributed by atoms with van der Waals surface area (Å²) in [7, 11) is 1.79. The third kappa shape index (κ3) is 5.31. The second kappa shape index (κ2) is 9.78. The van der Waals surface area contributed by atoms with Gasteiger partial charge in [-0.1, -0.05) is 6.92 Å². The van der Waals surface area contributed by atoms with Crippen molar-refractivity contribution in [3.63, 3.8) is 0 Å². The van der Waals surface area contributed by atoms with E-state index in [4.69, 9.17) is 14.6 Å². The summed E-state index contributed by atoms with van der Waals surface area (Å²) in [6.45, 7) is 10.6. The molecule has 3 atom stereocenters. The van der Waals surface area contributed by atoms with Gasteiger partial charge in [0.25, 0.3) is 5.91 Å². The molecule has 2 saturated heterocycles. The molecule has 0 bridgehead atoms. The molecule has 8 nitrogen and oxygen atoms in total. The van der Waals surface area contributed by atoms with Crippen LogP contribution in [-0.2, 0) is 16.1 Å². The first-order chi connectivity index (χ1) is 14.0. The molecule has 1 aromatic rings. The minimum Gasteiger partial charge on any atom is -0.475 e. The molecule has 2 fully saturated rings. The maximum atomic E-state index is 13.1. The van der Waals surface area contributed by atoms with Crippen molar-refractivity contribution in [2.45, 2.75) is 52.1 Å². The fourth-order valence-corrected chi connectivity index (χ4v) is 4.14. The number of ether oxygens (including phenoxy) is 1. The number of aliphatic carboxylic acids is 1. The van der Waals surface area contributed by atoms with Gasteiger partial charge in [-0.3, -0.25) is 9.48 Å². The lowest BCUT2D eigenvalue weighted by Crippen LogP contribution is -2.53. The van der Waals surface area contributed by atoms with Crippen LogP contribution in [0.1, 0.15) is 36.5 Å². The highest BCUT2D eigenvalue weighted by molar-refractivity contribution is 5.93. The van der Waals surface area contributed by atoms with Gasteiger partial charge in [0.05, 0.1) is 17.8 Å². The highest BCUT2D eigenvalue weighted by Crippen LogP contribution is 2.33. The molecular weight excluding hydrogens is 405 g/mol. The van der Waals surface area contributed by atoms with Crippen LogP contribution in [0.5, 0.6) is 0 Å². The summed E-state index contributed by atoms with van der Waals surface area (Å²) in [6, 6.07) is 2.16. The minimum atomic E-state index is -5.08. The molecule has 2 aliphatic heterocycles. The molecule has 0 radical (unpaired) electrons. The normalized spacial score (nSPS) is 24.2. The number of hydrogen-bond acceptors (Lipinski definition) is 5. The predicted molar refractivity (Wildman–Crippen MR) is 102 cm³/mol. The Morgan fingerprint density at radius 2 is 1.90 bits per heavy atom. The summed E-state index contributed by atoms with van der Waals surface area (Å²) in [5, 5.41) is 11.6. The number of alkyl halides is 3. The van der Waals surface area contributed by atoms with E-state index in [1.807, 2.05) is 24.6 Å². The molecule has 170 valence electrons. The second-order valence-electron chi connectivity index (χ2n) is 7.43. The molecule has 0 unspecified atom stereocenters. The highest BCUT2D eigenvalue weighted by Gasteiger charge is 2.46. The maximum absolute atomic E-state index is 13.1. The summed E-state index contributed by atoms with van der Waals surface area (Å²) in [5.41, 5.74) is 1.62. The van der Waals surface area contributed by atoms with Crippen molar-refractivity contribution in [1.82, 2.24) is 19.6 Å². The van der Waals surface area contributed by atoms with Crippen LogP contribution in [0.2, 0.25) is 0 Å². The van der Waals surface area contributed by atoms with Crippen LogP contribution in [0.4, 0.5) is 13.2 Å². The van der Waals surface area contributed by atoms with Crippen molar-refractivity contribution in [2.75, 3.05) is 33.3 Å². The monoisotopic (exact) mass is 434 g/mol. The molecule has 3 rings (SSSR count).